The summed E-state index contributed by atoms with van der Waals surface area (Å²) in [5.41, 5.74) is 0. The van der Waals surface area contributed by atoms with Gasteiger partial charge in [-0.1, -0.05) is 71.1 Å². The molecule has 0 bridgehead atoms. The van der Waals surface area contributed by atoms with Crippen LogP contribution >= 0.6 is 0 Å². The zero-order valence-electron chi connectivity index (χ0n) is 16.4. The van der Waals surface area contributed by atoms with Gasteiger partial charge in [0.1, 0.15) is 0 Å². The lowest BCUT2D eigenvalue weighted by Crippen LogP contribution is -2.35. The van der Waals surface area contributed by atoms with Crippen LogP contribution in [0.5, 0.6) is 0 Å². The van der Waals surface area contributed by atoms with E-state index in [1.54, 1.807) is 0 Å². The molecule has 0 heterocycles. The summed E-state index contributed by atoms with van der Waals surface area (Å²) in [6.07, 6.45) is 16.1. The van der Waals surface area contributed by atoms with Gasteiger partial charge in [0.25, 0.3) is 0 Å². The fourth-order valence-electron chi connectivity index (χ4n) is 2.43. The average molecular weight is 333 g/mol. The molecule has 0 unspecified atom stereocenters. The van der Waals surface area contributed by atoms with Gasteiger partial charge in [0.2, 0.25) is 0 Å². The van der Waals surface area contributed by atoms with Gasteiger partial charge in [0, 0.05) is 0 Å². The molecule has 0 aromatic heterocycles. The third-order valence-corrected chi connectivity index (χ3v) is 3.86. The van der Waals surface area contributed by atoms with Crippen LogP contribution in [0.3, 0.4) is 0 Å². The van der Waals surface area contributed by atoms with Gasteiger partial charge < -0.3 is 14.3 Å². The van der Waals surface area contributed by atoms with Crippen molar-refractivity contribution in [1.29, 1.82) is 0 Å². The number of unbranched alkanes of at least 4 members (excludes halogenated alkanes) is 11. The van der Waals surface area contributed by atoms with Gasteiger partial charge in [-0.15, -0.1) is 0 Å². The molecule has 0 saturated carbocycles. The highest BCUT2D eigenvalue weighted by Crippen LogP contribution is 2.12. The zero-order valence-corrected chi connectivity index (χ0v) is 16.4. The van der Waals surface area contributed by atoms with Crippen molar-refractivity contribution in [2.75, 3.05) is 34.8 Å². The number of hydrogen-bond donors (Lipinski definition) is 1. The maximum absolute atomic E-state index is 9.15. The molecule has 4 heteroatoms. The third-order valence-electron chi connectivity index (χ3n) is 3.86. The highest BCUT2D eigenvalue weighted by atomic mass is 16.6. The Balaban J connectivity index is 0. The predicted octanol–water partition coefficient (Wildman–Crippen LogP) is 5.70. The molecule has 0 aromatic rings. The molecule has 0 aliphatic rings. The lowest BCUT2D eigenvalue weighted by Gasteiger charge is -2.23. The van der Waals surface area contributed by atoms with Crippen molar-refractivity contribution in [2.45, 2.75) is 84.0 Å². The largest absolute Gasteiger partial charge is 0.505 e. The van der Waals surface area contributed by atoms with Crippen LogP contribution in [0.4, 0.5) is 4.79 Å². The van der Waals surface area contributed by atoms with Crippen molar-refractivity contribution in [2.24, 2.45) is 0 Å². The molecule has 0 atom stereocenters. The number of quaternary nitrogens is 1. The summed E-state index contributed by atoms with van der Waals surface area (Å²) < 4.78 is 4.79. The van der Waals surface area contributed by atoms with Crippen molar-refractivity contribution < 1.29 is 19.1 Å². The van der Waals surface area contributed by atoms with Crippen LogP contribution in [0.15, 0.2) is 0 Å². The van der Waals surface area contributed by atoms with Crippen LogP contribution < -0.4 is 0 Å². The van der Waals surface area contributed by atoms with Crippen molar-refractivity contribution in [3.05, 3.63) is 0 Å². The van der Waals surface area contributed by atoms with Crippen LogP contribution in [0.2, 0.25) is 0 Å². The number of carbonyl (C=O) groups is 1. The topological polar surface area (TPSA) is 46.5 Å². The van der Waals surface area contributed by atoms with Gasteiger partial charge in [-0.2, -0.15) is 0 Å². The summed E-state index contributed by atoms with van der Waals surface area (Å²) in [6.45, 7) is 3.62. The quantitative estimate of drug-likeness (QED) is 0.267. The summed E-state index contributed by atoms with van der Waals surface area (Å²) in [7, 11) is 7.97. The van der Waals surface area contributed by atoms with Crippen LogP contribution in [-0.2, 0) is 4.74 Å². The molecular formula is C19H42NO3+. The number of nitrogens with zero attached hydrogens (tertiary/aromatic N) is 1. The molecule has 0 radical (unpaired) electrons. The van der Waals surface area contributed by atoms with E-state index < -0.39 is 6.16 Å². The molecule has 0 saturated heterocycles. The van der Waals surface area contributed by atoms with Gasteiger partial charge >= 0.3 is 6.16 Å². The highest BCUT2D eigenvalue weighted by Gasteiger charge is 2.04. The van der Waals surface area contributed by atoms with E-state index in [1.165, 1.54) is 83.6 Å². The van der Waals surface area contributed by atoms with E-state index in [1.807, 2.05) is 0 Å². The third kappa shape index (κ3) is 29.8. The number of carboxylic acid groups (broad SMARTS) is 1. The number of hydrogen-bond acceptors (Lipinski definition) is 2. The maximum Gasteiger partial charge on any atom is 0.505 e. The minimum absolute atomic E-state index is 1.10. The molecule has 4 nitrogen and oxygen atoms in total. The van der Waals surface area contributed by atoms with Crippen molar-refractivity contribution >= 4 is 6.16 Å². The molecule has 0 aliphatic heterocycles. The van der Waals surface area contributed by atoms with Gasteiger partial charge in [-0.25, -0.2) is 4.79 Å². The fourth-order valence-corrected chi connectivity index (χ4v) is 2.43. The standard InChI is InChI=1S/C17H38N.C2H4O3/c1-5-6-7-8-9-10-11-12-13-14-15-16-17-18(2,3)4;1-5-2(3)4/h5-17H2,1-4H3;1H3,(H,3,4)/q+1;. The SMILES string of the molecule is CCCCCCCCCCCCCC[N+](C)(C)C.COC(=O)O. The van der Waals surface area contributed by atoms with Crippen molar-refractivity contribution in [1.82, 2.24) is 0 Å². The molecule has 0 aliphatic carbocycles. The summed E-state index contributed by atoms with van der Waals surface area (Å²) in [5, 5.41) is 7.50. The first-order valence-electron chi connectivity index (χ1n) is 9.41. The highest BCUT2D eigenvalue weighted by molar-refractivity contribution is 5.56. The van der Waals surface area contributed by atoms with Gasteiger partial charge in [0.15, 0.2) is 0 Å². The van der Waals surface area contributed by atoms with Crippen molar-refractivity contribution in [3.8, 4) is 0 Å². The zero-order chi connectivity index (χ0) is 18.0. The molecular weight excluding hydrogens is 290 g/mol. The first-order valence-corrected chi connectivity index (χ1v) is 9.41. The van der Waals surface area contributed by atoms with Gasteiger partial charge in [-0.05, 0) is 12.8 Å². The van der Waals surface area contributed by atoms with Crippen LogP contribution in [0.1, 0.15) is 84.0 Å². The van der Waals surface area contributed by atoms with E-state index in [4.69, 9.17) is 9.90 Å². The van der Waals surface area contributed by atoms with E-state index in [9.17, 15) is 0 Å². The first-order chi connectivity index (χ1) is 10.8. The van der Waals surface area contributed by atoms with E-state index in [2.05, 4.69) is 32.8 Å². The van der Waals surface area contributed by atoms with Crippen molar-refractivity contribution in [3.63, 3.8) is 0 Å². The molecule has 0 amide bonds. The van der Waals surface area contributed by atoms with E-state index >= 15 is 0 Å². The van der Waals surface area contributed by atoms with E-state index in [-0.39, 0.29) is 0 Å². The Bertz CT molecular complexity index is 249. The summed E-state index contributed by atoms with van der Waals surface area (Å²) in [6, 6.07) is 0. The molecule has 0 aromatic carbocycles. The molecule has 0 rings (SSSR count). The normalized spacial score (nSPS) is 10.8. The van der Waals surface area contributed by atoms with Gasteiger partial charge in [-0.3, -0.25) is 0 Å². The van der Waals surface area contributed by atoms with Gasteiger partial charge in [0.05, 0.1) is 34.8 Å². The Labute approximate surface area is 144 Å². The van der Waals surface area contributed by atoms with Crippen LogP contribution in [-0.4, -0.2) is 50.5 Å². The Morgan fingerprint density at radius 1 is 0.783 bits per heavy atom. The minimum Gasteiger partial charge on any atom is -0.450 e. The summed E-state index contributed by atoms with van der Waals surface area (Å²) >= 11 is 0. The molecule has 23 heavy (non-hydrogen) atoms. The smallest absolute Gasteiger partial charge is 0.450 e. The second-order valence-corrected chi connectivity index (χ2v) is 7.37. The fraction of sp³-hybridized carbons (Fsp3) is 0.947. The Morgan fingerprint density at radius 2 is 1.09 bits per heavy atom. The summed E-state index contributed by atoms with van der Waals surface area (Å²) in [5.74, 6) is 0. The Morgan fingerprint density at radius 3 is 1.35 bits per heavy atom. The second-order valence-electron chi connectivity index (χ2n) is 7.37. The molecule has 140 valence electrons. The lowest BCUT2D eigenvalue weighted by atomic mass is 10.1. The number of ether oxygens (including phenoxy) is 1. The number of rotatable bonds is 13. The van der Waals surface area contributed by atoms with E-state index in [0.717, 1.165) is 11.6 Å². The Hall–Kier alpha value is -0.770. The maximum atomic E-state index is 9.15. The number of methoxy groups -OCH3 is 1. The van der Waals surface area contributed by atoms with E-state index in [0.29, 0.717) is 0 Å². The first kappa shape index (κ1) is 24.5. The van der Waals surface area contributed by atoms with Crippen LogP contribution in [0.25, 0.3) is 0 Å². The predicted molar refractivity (Wildman–Crippen MR) is 99.0 cm³/mol. The second kappa shape index (κ2) is 17.6. The minimum atomic E-state index is -1.25. The lowest BCUT2D eigenvalue weighted by molar-refractivity contribution is -0.870. The monoisotopic (exact) mass is 332 g/mol. The molecule has 1 N–H and O–H groups in total. The molecule has 0 fully saturated rings. The average Bonchev–Trinajstić information content (AvgIpc) is 2.48. The Kier molecular flexibility index (Phi) is 18.7. The summed E-state index contributed by atoms with van der Waals surface area (Å²) in [4.78, 5) is 9.15. The molecule has 0 spiro atoms. The van der Waals surface area contributed by atoms with Crippen LogP contribution in [0, 0.1) is 0 Å².